The molecule has 0 rings (SSSR count). The molecule has 0 aromatic rings. The molecular formula is C13H30N2. The highest BCUT2D eigenvalue weighted by Crippen LogP contribution is 2.03. The molecule has 0 aromatic carbocycles. The van der Waals surface area contributed by atoms with Crippen molar-refractivity contribution in [3.05, 3.63) is 0 Å². The standard InChI is InChI=1S/C13H30N2/c1-6-7-8-9-14-10-11-15(12(2)3)13(4)5/h12-14H,6-11H2,1-5H3. The fraction of sp³-hybridized carbons (Fsp3) is 1.00. The Bertz CT molecular complexity index is 124. The maximum absolute atomic E-state index is 3.52. The summed E-state index contributed by atoms with van der Waals surface area (Å²) < 4.78 is 0. The second-order valence-electron chi connectivity index (χ2n) is 4.88. The largest absolute Gasteiger partial charge is 0.315 e. The van der Waals surface area contributed by atoms with Gasteiger partial charge >= 0.3 is 0 Å². The van der Waals surface area contributed by atoms with Gasteiger partial charge < -0.3 is 5.32 Å². The van der Waals surface area contributed by atoms with E-state index in [-0.39, 0.29) is 0 Å². The van der Waals surface area contributed by atoms with Gasteiger partial charge in [0.1, 0.15) is 0 Å². The first kappa shape index (κ1) is 14.9. The van der Waals surface area contributed by atoms with E-state index in [1.165, 1.54) is 32.4 Å². The number of rotatable bonds is 9. The van der Waals surface area contributed by atoms with E-state index in [4.69, 9.17) is 0 Å². The minimum absolute atomic E-state index is 0.655. The first-order chi connectivity index (χ1) is 7.09. The Morgan fingerprint density at radius 3 is 2.00 bits per heavy atom. The summed E-state index contributed by atoms with van der Waals surface area (Å²) in [7, 11) is 0. The highest BCUT2D eigenvalue weighted by Gasteiger charge is 2.11. The molecule has 0 radical (unpaired) electrons. The molecule has 2 heteroatoms. The van der Waals surface area contributed by atoms with Crippen molar-refractivity contribution in [1.82, 2.24) is 10.2 Å². The van der Waals surface area contributed by atoms with Crippen molar-refractivity contribution in [3.63, 3.8) is 0 Å². The Morgan fingerprint density at radius 1 is 0.933 bits per heavy atom. The van der Waals surface area contributed by atoms with Gasteiger partial charge in [0.2, 0.25) is 0 Å². The maximum Gasteiger partial charge on any atom is 0.0112 e. The molecule has 0 aromatic heterocycles. The topological polar surface area (TPSA) is 15.3 Å². The van der Waals surface area contributed by atoms with Gasteiger partial charge in [-0.05, 0) is 40.7 Å². The van der Waals surface area contributed by atoms with Gasteiger partial charge in [-0.2, -0.15) is 0 Å². The molecule has 2 nitrogen and oxygen atoms in total. The van der Waals surface area contributed by atoms with Crippen LogP contribution in [0.4, 0.5) is 0 Å². The van der Waals surface area contributed by atoms with Crippen LogP contribution < -0.4 is 5.32 Å². The van der Waals surface area contributed by atoms with Crippen molar-refractivity contribution in [2.45, 2.75) is 66.0 Å². The van der Waals surface area contributed by atoms with E-state index in [9.17, 15) is 0 Å². The zero-order valence-electron chi connectivity index (χ0n) is 11.3. The zero-order valence-corrected chi connectivity index (χ0v) is 11.3. The molecule has 1 N–H and O–H groups in total. The van der Waals surface area contributed by atoms with Gasteiger partial charge in [-0.3, -0.25) is 4.90 Å². The second kappa shape index (κ2) is 9.17. The smallest absolute Gasteiger partial charge is 0.0112 e. The van der Waals surface area contributed by atoms with E-state index in [0.717, 1.165) is 6.54 Å². The fourth-order valence-electron chi connectivity index (χ4n) is 1.95. The van der Waals surface area contributed by atoms with Gasteiger partial charge in [0.25, 0.3) is 0 Å². The molecule has 0 saturated heterocycles. The molecule has 0 atom stereocenters. The van der Waals surface area contributed by atoms with Crippen molar-refractivity contribution < 1.29 is 0 Å². The summed E-state index contributed by atoms with van der Waals surface area (Å²) >= 11 is 0. The van der Waals surface area contributed by atoms with Gasteiger partial charge in [0.05, 0.1) is 0 Å². The molecule has 0 spiro atoms. The number of nitrogens with zero attached hydrogens (tertiary/aromatic N) is 1. The molecule has 0 saturated carbocycles. The van der Waals surface area contributed by atoms with Crippen LogP contribution in [-0.4, -0.2) is 36.6 Å². The Kier molecular flexibility index (Phi) is 9.12. The zero-order chi connectivity index (χ0) is 11.7. The third-order valence-corrected chi connectivity index (χ3v) is 2.83. The van der Waals surface area contributed by atoms with Crippen LogP contribution in [0.5, 0.6) is 0 Å². The van der Waals surface area contributed by atoms with Crippen molar-refractivity contribution in [2.24, 2.45) is 0 Å². The Balaban J connectivity index is 3.46. The lowest BCUT2D eigenvalue weighted by atomic mass is 10.2. The molecule has 0 aliphatic rings. The van der Waals surface area contributed by atoms with Crippen LogP contribution in [0.1, 0.15) is 53.9 Å². The quantitative estimate of drug-likeness (QED) is 0.594. The predicted octanol–water partition coefficient (Wildman–Crippen LogP) is 2.89. The summed E-state index contributed by atoms with van der Waals surface area (Å²) in [4.78, 5) is 2.53. The van der Waals surface area contributed by atoms with Gasteiger partial charge in [-0.1, -0.05) is 19.8 Å². The number of hydrogen-bond acceptors (Lipinski definition) is 2. The van der Waals surface area contributed by atoms with E-state index >= 15 is 0 Å². The molecule has 15 heavy (non-hydrogen) atoms. The summed E-state index contributed by atoms with van der Waals surface area (Å²) in [5.41, 5.74) is 0. The number of hydrogen-bond donors (Lipinski definition) is 1. The SMILES string of the molecule is CCCCCNCCN(C(C)C)C(C)C. The third-order valence-electron chi connectivity index (χ3n) is 2.83. The van der Waals surface area contributed by atoms with Crippen LogP contribution in [0.3, 0.4) is 0 Å². The van der Waals surface area contributed by atoms with Crippen LogP contribution in [0.2, 0.25) is 0 Å². The lowest BCUT2D eigenvalue weighted by Gasteiger charge is -2.30. The van der Waals surface area contributed by atoms with Crippen molar-refractivity contribution in [3.8, 4) is 0 Å². The Hall–Kier alpha value is -0.0800. The van der Waals surface area contributed by atoms with E-state index in [0.29, 0.717) is 12.1 Å². The summed E-state index contributed by atoms with van der Waals surface area (Å²) in [6, 6.07) is 1.31. The number of unbranched alkanes of at least 4 members (excludes halogenated alkanes) is 2. The van der Waals surface area contributed by atoms with E-state index in [1.807, 2.05) is 0 Å². The first-order valence-electron chi connectivity index (χ1n) is 6.56. The highest BCUT2D eigenvalue weighted by atomic mass is 15.2. The van der Waals surface area contributed by atoms with Crippen molar-refractivity contribution in [1.29, 1.82) is 0 Å². The summed E-state index contributed by atoms with van der Waals surface area (Å²) in [5, 5.41) is 3.52. The lowest BCUT2D eigenvalue weighted by Crippen LogP contribution is -2.41. The minimum Gasteiger partial charge on any atom is -0.315 e. The highest BCUT2D eigenvalue weighted by molar-refractivity contribution is 4.68. The third kappa shape index (κ3) is 7.80. The number of nitrogens with one attached hydrogen (secondary N) is 1. The van der Waals surface area contributed by atoms with Crippen LogP contribution in [0, 0.1) is 0 Å². The molecular weight excluding hydrogens is 184 g/mol. The first-order valence-corrected chi connectivity index (χ1v) is 6.56. The van der Waals surface area contributed by atoms with Gasteiger partial charge in [0.15, 0.2) is 0 Å². The average Bonchev–Trinajstić information content (AvgIpc) is 2.15. The van der Waals surface area contributed by atoms with Crippen LogP contribution >= 0.6 is 0 Å². The monoisotopic (exact) mass is 214 g/mol. The molecule has 0 aliphatic heterocycles. The molecule has 0 aliphatic carbocycles. The van der Waals surface area contributed by atoms with Gasteiger partial charge in [-0.15, -0.1) is 0 Å². The molecule has 0 unspecified atom stereocenters. The molecule has 0 fully saturated rings. The van der Waals surface area contributed by atoms with E-state index < -0.39 is 0 Å². The maximum atomic E-state index is 3.52. The van der Waals surface area contributed by atoms with Crippen LogP contribution in [-0.2, 0) is 0 Å². The van der Waals surface area contributed by atoms with Gasteiger partial charge in [0, 0.05) is 25.2 Å². The van der Waals surface area contributed by atoms with Crippen LogP contribution in [0.15, 0.2) is 0 Å². The molecule has 0 bridgehead atoms. The summed E-state index contributed by atoms with van der Waals surface area (Å²) in [6.07, 6.45) is 3.98. The normalized spacial score (nSPS) is 12.0. The summed E-state index contributed by atoms with van der Waals surface area (Å²) in [5.74, 6) is 0. The Labute approximate surface area is 96.4 Å². The Morgan fingerprint density at radius 2 is 1.53 bits per heavy atom. The predicted molar refractivity (Wildman–Crippen MR) is 69.4 cm³/mol. The fourth-order valence-corrected chi connectivity index (χ4v) is 1.95. The van der Waals surface area contributed by atoms with Crippen LogP contribution in [0.25, 0.3) is 0 Å². The lowest BCUT2D eigenvalue weighted by molar-refractivity contribution is 0.176. The molecule has 0 heterocycles. The molecule has 0 amide bonds. The summed E-state index contributed by atoms with van der Waals surface area (Å²) in [6.45, 7) is 14.8. The minimum atomic E-state index is 0.655. The van der Waals surface area contributed by atoms with E-state index in [1.54, 1.807) is 0 Å². The van der Waals surface area contributed by atoms with Crippen molar-refractivity contribution in [2.75, 3.05) is 19.6 Å². The van der Waals surface area contributed by atoms with Gasteiger partial charge in [-0.25, -0.2) is 0 Å². The average molecular weight is 214 g/mol. The molecule has 92 valence electrons. The van der Waals surface area contributed by atoms with E-state index in [2.05, 4.69) is 44.8 Å². The van der Waals surface area contributed by atoms with Crippen molar-refractivity contribution >= 4 is 0 Å². The second-order valence-corrected chi connectivity index (χ2v) is 4.88.